The van der Waals surface area contributed by atoms with Crippen molar-refractivity contribution in [3.8, 4) is 5.75 Å². The van der Waals surface area contributed by atoms with Crippen LogP contribution in [0.15, 0.2) is 82.8 Å². The van der Waals surface area contributed by atoms with Crippen LogP contribution >= 0.6 is 11.3 Å². The molecule has 0 fully saturated rings. The van der Waals surface area contributed by atoms with Crippen LogP contribution in [-0.4, -0.2) is 17.4 Å². The molecule has 136 valence electrons. The van der Waals surface area contributed by atoms with Crippen LogP contribution in [0.5, 0.6) is 5.75 Å². The molecule has 0 atom stereocenters. The van der Waals surface area contributed by atoms with Crippen LogP contribution in [0, 0.1) is 0 Å². The van der Waals surface area contributed by atoms with Gasteiger partial charge in [0, 0.05) is 4.88 Å². The van der Waals surface area contributed by atoms with E-state index in [9.17, 15) is 4.79 Å². The van der Waals surface area contributed by atoms with Crippen LogP contribution in [0.2, 0.25) is 0 Å². The normalized spacial score (nSPS) is 10.8. The number of thiophene rings is 1. The molecule has 0 spiro atoms. The molecule has 0 radical (unpaired) electrons. The zero-order valence-corrected chi connectivity index (χ0v) is 15.5. The first kappa shape index (κ1) is 17.4. The number of carbonyl (C=O) groups excluding carboxylic acids is 1. The minimum atomic E-state index is -0.0760. The molecule has 1 amide bonds. The number of benzene rings is 2. The van der Waals surface area contributed by atoms with Gasteiger partial charge in [-0.25, -0.2) is 0 Å². The number of carbonyl (C=O) groups is 1. The van der Waals surface area contributed by atoms with Crippen LogP contribution in [0.3, 0.4) is 0 Å². The Morgan fingerprint density at radius 2 is 1.85 bits per heavy atom. The molecule has 5 heteroatoms. The topological polar surface area (TPSA) is 42.7 Å². The molecule has 2 heterocycles. The highest BCUT2D eigenvalue weighted by Gasteiger charge is 2.17. The lowest BCUT2D eigenvalue weighted by molar-refractivity contribution is -0.134. The third-order valence-corrected chi connectivity index (χ3v) is 5.15. The van der Waals surface area contributed by atoms with Crippen molar-refractivity contribution in [3.63, 3.8) is 0 Å². The van der Waals surface area contributed by atoms with Crippen molar-refractivity contribution in [1.29, 1.82) is 0 Å². The number of hydrogen-bond acceptors (Lipinski definition) is 4. The Morgan fingerprint density at radius 1 is 0.963 bits per heavy atom. The van der Waals surface area contributed by atoms with Crippen LogP contribution in [0.25, 0.3) is 10.8 Å². The van der Waals surface area contributed by atoms with Gasteiger partial charge in [0.1, 0.15) is 11.5 Å². The summed E-state index contributed by atoms with van der Waals surface area (Å²) in [6.07, 6.45) is 1.62. The summed E-state index contributed by atoms with van der Waals surface area (Å²) in [6, 6.07) is 21.6. The summed E-state index contributed by atoms with van der Waals surface area (Å²) in [4.78, 5) is 15.7. The van der Waals surface area contributed by atoms with Gasteiger partial charge < -0.3 is 14.1 Å². The molecule has 0 aliphatic heterocycles. The Bertz CT molecular complexity index is 973. The van der Waals surface area contributed by atoms with E-state index in [0.717, 1.165) is 21.4 Å². The number of hydrogen-bond donors (Lipinski definition) is 0. The second-order valence-corrected chi connectivity index (χ2v) is 7.24. The number of nitrogens with zero attached hydrogens (tertiary/aromatic N) is 1. The molecular formula is C22H19NO3S. The smallest absolute Gasteiger partial charge is 0.261 e. The van der Waals surface area contributed by atoms with E-state index in [1.165, 1.54) is 0 Å². The van der Waals surface area contributed by atoms with Crippen LogP contribution in [-0.2, 0) is 17.9 Å². The molecule has 4 nitrogen and oxygen atoms in total. The van der Waals surface area contributed by atoms with Gasteiger partial charge in [-0.05, 0) is 46.5 Å². The predicted octanol–water partition coefficient (Wildman–Crippen LogP) is 5.10. The number of fused-ring (bicyclic) bond motifs is 1. The molecular weight excluding hydrogens is 358 g/mol. The van der Waals surface area contributed by atoms with Gasteiger partial charge in [-0.2, -0.15) is 0 Å². The fraction of sp³-hybridized carbons (Fsp3) is 0.136. The zero-order valence-electron chi connectivity index (χ0n) is 14.7. The second-order valence-electron chi connectivity index (χ2n) is 6.21. The lowest BCUT2D eigenvalue weighted by Gasteiger charge is -2.21. The molecule has 0 aliphatic carbocycles. The maximum Gasteiger partial charge on any atom is 0.261 e. The zero-order chi connectivity index (χ0) is 18.5. The lowest BCUT2D eigenvalue weighted by atomic mass is 10.1. The molecule has 27 heavy (non-hydrogen) atoms. The first-order valence-corrected chi connectivity index (χ1v) is 9.60. The van der Waals surface area contributed by atoms with E-state index < -0.39 is 0 Å². The standard InChI is InChI=1S/C22H19NO3S/c24-22(16-26-19-10-9-17-5-1-2-6-18(17)13-19)23(14-20-7-3-11-25-20)15-21-8-4-12-27-21/h1-13H,14-16H2. The van der Waals surface area contributed by atoms with Gasteiger partial charge in [0.25, 0.3) is 5.91 Å². The summed E-state index contributed by atoms with van der Waals surface area (Å²) >= 11 is 1.63. The quantitative estimate of drug-likeness (QED) is 0.450. The van der Waals surface area contributed by atoms with Crippen molar-refractivity contribution in [1.82, 2.24) is 4.90 Å². The van der Waals surface area contributed by atoms with Gasteiger partial charge in [-0.1, -0.05) is 36.4 Å². The highest BCUT2D eigenvalue weighted by Crippen LogP contribution is 2.21. The van der Waals surface area contributed by atoms with Crippen LogP contribution in [0.1, 0.15) is 10.6 Å². The fourth-order valence-corrected chi connectivity index (χ4v) is 3.63. The van der Waals surface area contributed by atoms with E-state index >= 15 is 0 Å². The maximum atomic E-state index is 12.8. The summed E-state index contributed by atoms with van der Waals surface area (Å²) in [5.74, 6) is 1.37. The molecule has 2 aromatic carbocycles. The molecule has 0 N–H and O–H groups in total. The molecule has 2 aromatic heterocycles. The lowest BCUT2D eigenvalue weighted by Crippen LogP contribution is -2.33. The van der Waals surface area contributed by atoms with Crippen molar-refractivity contribution in [2.75, 3.05) is 6.61 Å². The maximum absolute atomic E-state index is 12.8. The van der Waals surface area contributed by atoms with Crippen molar-refractivity contribution < 1.29 is 13.9 Å². The largest absolute Gasteiger partial charge is 0.484 e. The molecule has 0 unspecified atom stereocenters. The minimum absolute atomic E-state index is 0.00950. The highest BCUT2D eigenvalue weighted by atomic mass is 32.1. The third kappa shape index (κ3) is 4.38. The molecule has 4 rings (SSSR count). The molecule has 0 bridgehead atoms. The Morgan fingerprint density at radius 3 is 2.63 bits per heavy atom. The molecule has 0 saturated heterocycles. The van der Waals surface area contributed by atoms with E-state index in [2.05, 4.69) is 6.07 Å². The summed E-state index contributed by atoms with van der Waals surface area (Å²) < 4.78 is 11.2. The Labute approximate surface area is 161 Å². The molecule has 0 aliphatic rings. The van der Waals surface area contributed by atoms with E-state index in [1.807, 2.05) is 66.0 Å². The van der Waals surface area contributed by atoms with Crippen LogP contribution < -0.4 is 4.74 Å². The summed E-state index contributed by atoms with van der Waals surface area (Å²) in [7, 11) is 0. The Hall–Kier alpha value is -3.05. The van der Waals surface area contributed by atoms with E-state index in [1.54, 1.807) is 22.5 Å². The second kappa shape index (κ2) is 8.10. The van der Waals surface area contributed by atoms with Gasteiger partial charge in [0.2, 0.25) is 0 Å². The monoisotopic (exact) mass is 377 g/mol. The summed E-state index contributed by atoms with van der Waals surface area (Å²) in [6.45, 7) is 0.952. The van der Waals surface area contributed by atoms with Gasteiger partial charge >= 0.3 is 0 Å². The average molecular weight is 377 g/mol. The predicted molar refractivity (Wildman–Crippen MR) is 107 cm³/mol. The summed E-state index contributed by atoms with van der Waals surface area (Å²) in [5.41, 5.74) is 0. The number of amides is 1. The van der Waals surface area contributed by atoms with Gasteiger partial charge in [0.05, 0.1) is 19.4 Å². The van der Waals surface area contributed by atoms with Gasteiger partial charge in [-0.15, -0.1) is 11.3 Å². The van der Waals surface area contributed by atoms with Crippen molar-refractivity contribution in [2.24, 2.45) is 0 Å². The van der Waals surface area contributed by atoms with E-state index in [0.29, 0.717) is 18.8 Å². The van der Waals surface area contributed by atoms with Crippen molar-refractivity contribution in [3.05, 3.63) is 89.0 Å². The van der Waals surface area contributed by atoms with E-state index in [4.69, 9.17) is 9.15 Å². The highest BCUT2D eigenvalue weighted by molar-refractivity contribution is 7.09. The SMILES string of the molecule is O=C(COc1ccc2ccccc2c1)N(Cc1ccco1)Cc1cccs1. The number of ether oxygens (including phenoxy) is 1. The van der Waals surface area contributed by atoms with E-state index in [-0.39, 0.29) is 12.5 Å². The first-order valence-electron chi connectivity index (χ1n) is 8.72. The summed E-state index contributed by atoms with van der Waals surface area (Å²) in [5, 5.41) is 4.25. The van der Waals surface area contributed by atoms with Crippen LogP contribution in [0.4, 0.5) is 0 Å². The number of furan rings is 1. The fourth-order valence-electron chi connectivity index (χ4n) is 2.91. The average Bonchev–Trinajstić information content (AvgIpc) is 3.39. The molecule has 4 aromatic rings. The van der Waals surface area contributed by atoms with Crippen molar-refractivity contribution in [2.45, 2.75) is 13.1 Å². The Balaban J connectivity index is 1.45. The van der Waals surface area contributed by atoms with Gasteiger partial charge in [-0.3, -0.25) is 4.79 Å². The first-order chi connectivity index (χ1) is 13.3. The van der Waals surface area contributed by atoms with Gasteiger partial charge in [0.15, 0.2) is 6.61 Å². The third-order valence-electron chi connectivity index (χ3n) is 4.29. The Kier molecular flexibility index (Phi) is 5.21. The van der Waals surface area contributed by atoms with Crippen molar-refractivity contribution >= 4 is 28.0 Å². The molecule has 0 saturated carbocycles. The minimum Gasteiger partial charge on any atom is -0.484 e. The number of rotatable bonds is 7.